The van der Waals surface area contributed by atoms with Crippen LogP contribution in [0, 0.1) is 12.7 Å². The van der Waals surface area contributed by atoms with E-state index in [0.717, 1.165) is 16.8 Å². The number of halogens is 1. The van der Waals surface area contributed by atoms with Crippen molar-refractivity contribution >= 4 is 12.2 Å². The number of aryl methyl sites for hydroxylation is 1. The molecule has 0 aliphatic carbocycles. The summed E-state index contributed by atoms with van der Waals surface area (Å²) in [6.07, 6.45) is 8.68. The lowest BCUT2D eigenvalue weighted by Gasteiger charge is -2.23. The van der Waals surface area contributed by atoms with E-state index in [-0.39, 0.29) is 11.9 Å². The Morgan fingerprint density at radius 1 is 1.19 bits per heavy atom. The summed E-state index contributed by atoms with van der Waals surface area (Å²) in [6.45, 7) is 3.04. The summed E-state index contributed by atoms with van der Waals surface area (Å²) < 4.78 is 28.4. The zero-order chi connectivity index (χ0) is 22.1. The second kappa shape index (κ2) is 8.35. The van der Waals surface area contributed by atoms with Crippen LogP contribution in [0.25, 0.3) is 18.0 Å². The molecule has 3 aromatic heterocycles. The fraction of sp³-hybridized carbons (Fsp3) is 0.217. The third kappa shape index (κ3) is 3.90. The molecule has 32 heavy (non-hydrogen) atoms. The van der Waals surface area contributed by atoms with Crippen molar-refractivity contribution in [2.75, 3.05) is 13.7 Å². The molecule has 0 saturated carbocycles. The number of nitrogens with zero attached hydrogens (tertiary/aromatic N) is 6. The maximum atomic E-state index is 13.3. The minimum atomic E-state index is -0.376. The van der Waals surface area contributed by atoms with Gasteiger partial charge in [-0.15, -0.1) is 0 Å². The summed E-state index contributed by atoms with van der Waals surface area (Å²) in [5.41, 5.74) is 2.59. The summed E-state index contributed by atoms with van der Waals surface area (Å²) >= 11 is 0. The normalized spacial score (nSPS) is 15.8. The first kappa shape index (κ1) is 20.1. The van der Waals surface area contributed by atoms with Crippen molar-refractivity contribution in [2.24, 2.45) is 0 Å². The number of aromatic nitrogens is 6. The van der Waals surface area contributed by atoms with Gasteiger partial charge in [-0.1, -0.05) is 12.1 Å². The van der Waals surface area contributed by atoms with Crippen LogP contribution in [0.15, 0.2) is 49.1 Å². The number of benzene rings is 1. The average Bonchev–Trinajstić information content (AvgIpc) is 3.43. The number of ether oxygens (including phenoxy) is 2. The van der Waals surface area contributed by atoms with Gasteiger partial charge in [0.25, 0.3) is 0 Å². The summed E-state index contributed by atoms with van der Waals surface area (Å²) in [5.74, 6) is 2.27. The van der Waals surface area contributed by atoms with Crippen LogP contribution in [0.4, 0.5) is 4.39 Å². The molecule has 0 N–H and O–H groups in total. The molecule has 0 spiro atoms. The Balaban J connectivity index is 1.40. The molecule has 0 unspecified atom stereocenters. The Morgan fingerprint density at radius 3 is 2.78 bits per heavy atom. The lowest BCUT2D eigenvalue weighted by molar-refractivity contribution is 0.0389. The van der Waals surface area contributed by atoms with Crippen molar-refractivity contribution in [3.63, 3.8) is 0 Å². The van der Waals surface area contributed by atoms with E-state index in [0.29, 0.717) is 36.4 Å². The standard InChI is InChI=1S/C23H21FN6O2/c1-15-13-29(14-26-15)22-19(31-2)11-16(12-25-22)3-8-20-27-23-21(32-10-9-30(23)28-20)17-4-6-18(24)7-5-17/h3-8,11-14,21H,9-10H2,1-2H3/b8-3+/t21-/m1/s1. The van der Waals surface area contributed by atoms with Gasteiger partial charge < -0.3 is 9.47 Å². The minimum absolute atomic E-state index is 0.284. The van der Waals surface area contributed by atoms with Crippen molar-refractivity contribution in [3.8, 4) is 11.6 Å². The predicted molar refractivity (Wildman–Crippen MR) is 116 cm³/mol. The van der Waals surface area contributed by atoms with Gasteiger partial charge in [-0.3, -0.25) is 4.57 Å². The van der Waals surface area contributed by atoms with E-state index in [1.165, 1.54) is 12.1 Å². The molecule has 0 amide bonds. The lowest BCUT2D eigenvalue weighted by Crippen LogP contribution is -2.23. The maximum Gasteiger partial charge on any atom is 0.180 e. The van der Waals surface area contributed by atoms with Gasteiger partial charge in [0.1, 0.15) is 18.2 Å². The number of imidazole rings is 1. The summed E-state index contributed by atoms with van der Waals surface area (Å²) in [4.78, 5) is 13.4. The van der Waals surface area contributed by atoms with Gasteiger partial charge in [-0.05, 0) is 48.4 Å². The SMILES string of the molecule is COc1cc(/C=C/c2nc3n(n2)CCO[C@@H]3c2ccc(F)cc2)cnc1-n1cnc(C)c1. The molecule has 9 heteroatoms. The first-order valence-electron chi connectivity index (χ1n) is 10.2. The number of methoxy groups -OCH3 is 1. The van der Waals surface area contributed by atoms with E-state index in [4.69, 9.17) is 9.47 Å². The zero-order valence-electron chi connectivity index (χ0n) is 17.6. The molecule has 0 bridgehead atoms. The van der Waals surface area contributed by atoms with Gasteiger partial charge in [0.05, 0.1) is 26.0 Å². The van der Waals surface area contributed by atoms with E-state index >= 15 is 0 Å². The topological polar surface area (TPSA) is 79.9 Å². The van der Waals surface area contributed by atoms with E-state index in [9.17, 15) is 4.39 Å². The second-order valence-electron chi connectivity index (χ2n) is 7.40. The van der Waals surface area contributed by atoms with Crippen molar-refractivity contribution in [3.05, 3.63) is 83.3 Å². The Bertz CT molecular complexity index is 1280. The number of rotatable bonds is 5. The molecule has 1 aliphatic rings. The van der Waals surface area contributed by atoms with Crippen LogP contribution in [0.1, 0.15) is 34.6 Å². The highest BCUT2D eigenvalue weighted by atomic mass is 19.1. The first-order valence-corrected chi connectivity index (χ1v) is 10.2. The van der Waals surface area contributed by atoms with E-state index < -0.39 is 0 Å². The van der Waals surface area contributed by atoms with Crippen LogP contribution in [-0.4, -0.2) is 43.0 Å². The van der Waals surface area contributed by atoms with Crippen molar-refractivity contribution in [1.82, 2.24) is 29.3 Å². The third-order valence-electron chi connectivity index (χ3n) is 5.17. The Hall–Kier alpha value is -3.85. The van der Waals surface area contributed by atoms with Crippen LogP contribution in [0.3, 0.4) is 0 Å². The van der Waals surface area contributed by atoms with Gasteiger partial charge in [0, 0.05) is 12.4 Å². The quantitative estimate of drug-likeness (QED) is 0.479. The van der Waals surface area contributed by atoms with Crippen LogP contribution in [0.5, 0.6) is 5.75 Å². The number of hydrogen-bond acceptors (Lipinski definition) is 6. The molecule has 0 saturated heterocycles. The fourth-order valence-electron chi connectivity index (χ4n) is 3.61. The van der Waals surface area contributed by atoms with E-state index in [2.05, 4.69) is 20.1 Å². The fourth-order valence-corrected chi connectivity index (χ4v) is 3.61. The summed E-state index contributed by atoms with van der Waals surface area (Å²) in [5, 5.41) is 4.57. The van der Waals surface area contributed by atoms with Crippen LogP contribution in [0.2, 0.25) is 0 Å². The molecule has 5 rings (SSSR count). The smallest absolute Gasteiger partial charge is 0.180 e. The van der Waals surface area contributed by atoms with Crippen molar-refractivity contribution < 1.29 is 13.9 Å². The molecule has 4 aromatic rings. The number of pyridine rings is 1. The van der Waals surface area contributed by atoms with Crippen LogP contribution in [-0.2, 0) is 11.3 Å². The van der Waals surface area contributed by atoms with Gasteiger partial charge in [0.15, 0.2) is 23.2 Å². The Morgan fingerprint density at radius 2 is 2.03 bits per heavy atom. The number of fused-ring (bicyclic) bond motifs is 1. The van der Waals surface area contributed by atoms with Crippen LogP contribution >= 0.6 is 0 Å². The van der Waals surface area contributed by atoms with Crippen molar-refractivity contribution in [2.45, 2.75) is 19.6 Å². The molecular formula is C23H21FN6O2. The summed E-state index contributed by atoms with van der Waals surface area (Å²) in [6, 6.07) is 8.16. The molecule has 1 atom stereocenters. The second-order valence-corrected chi connectivity index (χ2v) is 7.40. The first-order chi connectivity index (χ1) is 15.6. The molecule has 162 valence electrons. The molecule has 8 nitrogen and oxygen atoms in total. The highest BCUT2D eigenvalue weighted by Gasteiger charge is 2.26. The zero-order valence-corrected chi connectivity index (χ0v) is 17.6. The van der Waals surface area contributed by atoms with E-state index in [1.54, 1.807) is 31.8 Å². The number of hydrogen-bond donors (Lipinski definition) is 0. The van der Waals surface area contributed by atoms with Crippen molar-refractivity contribution in [1.29, 1.82) is 0 Å². The molecule has 4 heterocycles. The molecular weight excluding hydrogens is 411 g/mol. The molecule has 0 fully saturated rings. The molecule has 1 aliphatic heterocycles. The minimum Gasteiger partial charge on any atom is -0.493 e. The third-order valence-corrected chi connectivity index (χ3v) is 5.17. The highest BCUT2D eigenvalue weighted by molar-refractivity contribution is 5.67. The van der Waals surface area contributed by atoms with Crippen LogP contribution < -0.4 is 4.74 Å². The molecule has 1 aromatic carbocycles. The van der Waals surface area contributed by atoms with Gasteiger partial charge in [-0.2, -0.15) is 5.10 Å². The van der Waals surface area contributed by atoms with Gasteiger partial charge >= 0.3 is 0 Å². The molecule has 0 radical (unpaired) electrons. The largest absolute Gasteiger partial charge is 0.493 e. The lowest BCUT2D eigenvalue weighted by atomic mass is 10.1. The Labute approximate surface area is 184 Å². The van der Waals surface area contributed by atoms with E-state index in [1.807, 2.05) is 40.6 Å². The predicted octanol–water partition coefficient (Wildman–Crippen LogP) is 3.60. The monoisotopic (exact) mass is 432 g/mol. The Kier molecular flexibility index (Phi) is 5.24. The van der Waals surface area contributed by atoms with Gasteiger partial charge in [-0.25, -0.2) is 24.0 Å². The maximum absolute atomic E-state index is 13.3. The highest BCUT2D eigenvalue weighted by Crippen LogP contribution is 2.28. The van der Waals surface area contributed by atoms with Gasteiger partial charge in [0.2, 0.25) is 0 Å². The average molecular weight is 432 g/mol. The summed E-state index contributed by atoms with van der Waals surface area (Å²) in [7, 11) is 1.61.